The molecule has 0 N–H and O–H groups in total. The van der Waals surface area contributed by atoms with Crippen molar-refractivity contribution in [2.45, 2.75) is 30.7 Å². The molecule has 0 fully saturated rings. The summed E-state index contributed by atoms with van der Waals surface area (Å²) in [5.41, 5.74) is 3.29. The summed E-state index contributed by atoms with van der Waals surface area (Å²) >= 11 is 1.58. The van der Waals surface area contributed by atoms with Gasteiger partial charge < -0.3 is 0 Å². The Balaban J connectivity index is 1.77. The van der Waals surface area contributed by atoms with E-state index in [1.807, 2.05) is 18.2 Å². The van der Waals surface area contributed by atoms with Crippen LogP contribution in [-0.2, 0) is 5.75 Å². The zero-order valence-corrected chi connectivity index (χ0v) is 13.4. The number of tetrazole rings is 1. The molecule has 3 aromatic rings. The Labute approximate surface area is 133 Å². The van der Waals surface area contributed by atoms with Crippen LogP contribution in [0.15, 0.2) is 53.8 Å². The highest BCUT2D eigenvalue weighted by Crippen LogP contribution is 2.22. The van der Waals surface area contributed by atoms with Crippen molar-refractivity contribution in [1.29, 1.82) is 0 Å². The van der Waals surface area contributed by atoms with Gasteiger partial charge in [-0.1, -0.05) is 43.8 Å². The maximum Gasteiger partial charge on any atom is 0.214 e. The second-order valence-corrected chi connectivity index (χ2v) is 6.17. The molecule has 0 bridgehead atoms. The molecule has 112 valence electrons. The molecule has 0 spiro atoms. The number of rotatable bonds is 5. The lowest BCUT2D eigenvalue weighted by Crippen LogP contribution is -2.00. The van der Waals surface area contributed by atoms with Crippen molar-refractivity contribution >= 4 is 11.8 Å². The highest BCUT2D eigenvalue weighted by Gasteiger charge is 2.10. The maximum absolute atomic E-state index is 4.31. The Morgan fingerprint density at radius 3 is 2.59 bits per heavy atom. The molecule has 5 nitrogen and oxygen atoms in total. The number of thioether (sulfide) groups is 1. The fraction of sp³-hybridized carbons (Fsp3) is 0.250. The molecule has 2 heterocycles. The minimum atomic E-state index is 0.515. The molecule has 0 aliphatic carbocycles. The van der Waals surface area contributed by atoms with Gasteiger partial charge >= 0.3 is 0 Å². The molecule has 1 aromatic carbocycles. The van der Waals surface area contributed by atoms with Gasteiger partial charge in [0.25, 0.3) is 0 Å². The monoisotopic (exact) mass is 311 g/mol. The summed E-state index contributed by atoms with van der Waals surface area (Å²) in [6.45, 7) is 4.36. The maximum atomic E-state index is 4.31. The van der Waals surface area contributed by atoms with Crippen LogP contribution in [0.3, 0.4) is 0 Å². The largest absolute Gasteiger partial charge is 0.260 e. The van der Waals surface area contributed by atoms with Gasteiger partial charge in [0.05, 0.1) is 11.4 Å². The van der Waals surface area contributed by atoms with Crippen molar-refractivity contribution in [2.24, 2.45) is 0 Å². The van der Waals surface area contributed by atoms with E-state index in [9.17, 15) is 0 Å². The van der Waals surface area contributed by atoms with Crippen molar-refractivity contribution in [2.75, 3.05) is 0 Å². The van der Waals surface area contributed by atoms with Crippen LogP contribution < -0.4 is 0 Å². The third-order valence-electron chi connectivity index (χ3n) is 3.32. The molecule has 0 saturated heterocycles. The van der Waals surface area contributed by atoms with Crippen LogP contribution in [0.1, 0.15) is 31.0 Å². The molecule has 22 heavy (non-hydrogen) atoms. The molecule has 0 amide bonds. The van der Waals surface area contributed by atoms with E-state index in [-0.39, 0.29) is 0 Å². The van der Waals surface area contributed by atoms with Gasteiger partial charge in [0.1, 0.15) is 0 Å². The van der Waals surface area contributed by atoms with Gasteiger partial charge in [-0.25, -0.2) is 0 Å². The minimum Gasteiger partial charge on any atom is -0.260 e. The topological polar surface area (TPSA) is 56.5 Å². The number of hydrogen-bond acceptors (Lipinski definition) is 5. The lowest BCUT2D eigenvalue weighted by molar-refractivity contribution is 0.754. The summed E-state index contributed by atoms with van der Waals surface area (Å²) in [7, 11) is 0. The summed E-state index contributed by atoms with van der Waals surface area (Å²) in [4.78, 5) is 4.31. The second-order valence-electron chi connectivity index (χ2n) is 5.23. The molecule has 0 saturated carbocycles. The lowest BCUT2D eigenvalue weighted by Gasteiger charge is -2.07. The third-order valence-corrected chi connectivity index (χ3v) is 4.27. The summed E-state index contributed by atoms with van der Waals surface area (Å²) in [6, 6.07) is 14.2. The van der Waals surface area contributed by atoms with E-state index in [1.165, 1.54) is 5.56 Å². The van der Waals surface area contributed by atoms with Gasteiger partial charge in [0, 0.05) is 11.9 Å². The van der Waals surface area contributed by atoms with E-state index < -0.39 is 0 Å². The summed E-state index contributed by atoms with van der Waals surface area (Å²) < 4.78 is 1.76. The summed E-state index contributed by atoms with van der Waals surface area (Å²) in [5, 5.41) is 12.7. The van der Waals surface area contributed by atoms with E-state index in [0.29, 0.717) is 5.92 Å². The highest BCUT2D eigenvalue weighted by atomic mass is 32.2. The number of hydrogen-bond donors (Lipinski definition) is 0. The van der Waals surface area contributed by atoms with E-state index in [2.05, 4.69) is 58.6 Å². The molecule has 0 unspecified atom stereocenters. The van der Waals surface area contributed by atoms with Gasteiger partial charge in [0.2, 0.25) is 5.16 Å². The zero-order chi connectivity index (χ0) is 15.4. The molecule has 0 radical (unpaired) electrons. The van der Waals surface area contributed by atoms with Crippen LogP contribution in [0.2, 0.25) is 0 Å². The third kappa shape index (κ3) is 3.33. The van der Waals surface area contributed by atoms with Crippen LogP contribution in [0.25, 0.3) is 5.69 Å². The normalized spacial score (nSPS) is 11.0. The van der Waals surface area contributed by atoms with Crippen molar-refractivity contribution in [1.82, 2.24) is 25.2 Å². The number of aromatic nitrogens is 5. The van der Waals surface area contributed by atoms with Gasteiger partial charge in [-0.2, -0.15) is 4.68 Å². The first-order chi connectivity index (χ1) is 10.7. The highest BCUT2D eigenvalue weighted by molar-refractivity contribution is 7.98. The quantitative estimate of drug-likeness (QED) is 0.675. The van der Waals surface area contributed by atoms with Crippen LogP contribution in [0.4, 0.5) is 0 Å². The Hall–Kier alpha value is -2.21. The molecule has 0 aliphatic rings. The van der Waals surface area contributed by atoms with Crippen molar-refractivity contribution in [3.63, 3.8) is 0 Å². The van der Waals surface area contributed by atoms with E-state index in [1.54, 1.807) is 22.6 Å². The molecule has 0 aliphatic heterocycles. The average Bonchev–Trinajstić information content (AvgIpc) is 3.02. The number of benzene rings is 1. The Bertz CT molecular complexity index is 722. The standard InChI is InChI=1S/C16H17N5S/c1-12(2)13-6-8-15(9-7-13)21-16(18-19-20-21)22-11-14-5-3-4-10-17-14/h3-10,12H,11H2,1-2H3. The number of pyridine rings is 1. The first-order valence-electron chi connectivity index (χ1n) is 7.15. The fourth-order valence-corrected chi connectivity index (χ4v) is 2.86. The first kappa shape index (κ1) is 14.7. The summed E-state index contributed by atoms with van der Waals surface area (Å²) in [6.07, 6.45) is 1.80. The average molecular weight is 311 g/mol. The second kappa shape index (κ2) is 6.70. The van der Waals surface area contributed by atoms with Crippen molar-refractivity contribution < 1.29 is 0 Å². The Morgan fingerprint density at radius 1 is 1.09 bits per heavy atom. The predicted molar refractivity (Wildman–Crippen MR) is 87.0 cm³/mol. The molecule has 6 heteroatoms. The Morgan fingerprint density at radius 2 is 1.91 bits per heavy atom. The van der Waals surface area contributed by atoms with Crippen LogP contribution in [0, 0.1) is 0 Å². The van der Waals surface area contributed by atoms with Gasteiger partial charge in [-0.3, -0.25) is 4.98 Å². The molecule has 3 rings (SSSR count). The minimum absolute atomic E-state index is 0.515. The van der Waals surface area contributed by atoms with Gasteiger partial charge in [-0.15, -0.1) is 5.10 Å². The molecular weight excluding hydrogens is 294 g/mol. The lowest BCUT2D eigenvalue weighted by atomic mass is 10.0. The van der Waals surface area contributed by atoms with Crippen molar-refractivity contribution in [3.8, 4) is 5.69 Å². The zero-order valence-electron chi connectivity index (χ0n) is 12.5. The van der Waals surface area contributed by atoms with Crippen LogP contribution >= 0.6 is 11.8 Å². The van der Waals surface area contributed by atoms with Gasteiger partial charge in [-0.05, 0) is 46.2 Å². The smallest absolute Gasteiger partial charge is 0.214 e. The first-order valence-corrected chi connectivity index (χ1v) is 8.14. The molecule has 2 aromatic heterocycles. The van der Waals surface area contributed by atoms with E-state index >= 15 is 0 Å². The number of nitrogens with zero attached hydrogens (tertiary/aromatic N) is 5. The van der Waals surface area contributed by atoms with Crippen molar-refractivity contribution in [3.05, 3.63) is 59.9 Å². The SMILES string of the molecule is CC(C)c1ccc(-n2nnnc2SCc2ccccn2)cc1. The Kier molecular flexibility index (Phi) is 4.48. The van der Waals surface area contributed by atoms with E-state index in [4.69, 9.17) is 0 Å². The van der Waals surface area contributed by atoms with Crippen LogP contribution in [-0.4, -0.2) is 25.2 Å². The summed E-state index contributed by atoms with van der Waals surface area (Å²) in [5.74, 6) is 1.26. The van der Waals surface area contributed by atoms with E-state index in [0.717, 1.165) is 22.3 Å². The predicted octanol–water partition coefficient (Wildman–Crippen LogP) is 3.47. The van der Waals surface area contributed by atoms with Gasteiger partial charge in [0.15, 0.2) is 0 Å². The molecular formula is C16H17N5S. The molecule has 0 atom stereocenters. The fourth-order valence-electron chi connectivity index (χ4n) is 2.05. The van der Waals surface area contributed by atoms with Crippen LogP contribution in [0.5, 0.6) is 0 Å².